The van der Waals surface area contributed by atoms with Gasteiger partial charge in [-0.05, 0) is 43.2 Å². The van der Waals surface area contributed by atoms with Crippen molar-refractivity contribution < 1.29 is 52.3 Å². The molecule has 0 aliphatic carbocycles. The molecule has 1 aliphatic rings. The summed E-state index contributed by atoms with van der Waals surface area (Å²) < 4.78 is 44.9. The molecular formula is C27H32O11. The van der Waals surface area contributed by atoms with E-state index in [-0.39, 0.29) is 34.5 Å². The quantitative estimate of drug-likeness (QED) is 0.322. The summed E-state index contributed by atoms with van der Waals surface area (Å²) in [4.78, 5) is 35.5. The Hall–Kier alpha value is -3.83. The van der Waals surface area contributed by atoms with Crippen LogP contribution in [0.3, 0.4) is 0 Å². The molecule has 0 amide bonds. The fraction of sp³-hybridized carbons (Fsp3) is 0.444. The zero-order chi connectivity index (χ0) is 28.0. The summed E-state index contributed by atoms with van der Waals surface area (Å²) in [5.41, 5.74) is 1.11. The lowest BCUT2D eigenvalue weighted by Gasteiger charge is -2.27. The third-order valence-corrected chi connectivity index (χ3v) is 5.62. The zero-order valence-electron chi connectivity index (χ0n) is 22.5. The van der Waals surface area contributed by atoms with Crippen molar-refractivity contribution in [2.24, 2.45) is 0 Å². The number of rotatable bonds is 10. The van der Waals surface area contributed by atoms with Crippen LogP contribution in [0.1, 0.15) is 58.3 Å². The molecule has 1 saturated heterocycles. The highest BCUT2D eigenvalue weighted by Crippen LogP contribution is 2.47. The second-order valence-corrected chi connectivity index (χ2v) is 8.49. The lowest BCUT2D eigenvalue weighted by atomic mass is 10.0. The third kappa shape index (κ3) is 6.53. The van der Waals surface area contributed by atoms with Crippen molar-refractivity contribution in [1.82, 2.24) is 0 Å². The van der Waals surface area contributed by atoms with E-state index in [1.807, 2.05) is 6.92 Å². The molecule has 1 unspecified atom stereocenters. The number of ether oxygens (including phenoxy) is 8. The molecule has 11 nitrogen and oxygen atoms in total. The van der Waals surface area contributed by atoms with E-state index in [1.165, 1.54) is 41.1 Å². The van der Waals surface area contributed by atoms with Gasteiger partial charge in [-0.1, -0.05) is 6.92 Å². The first-order chi connectivity index (χ1) is 18.0. The van der Waals surface area contributed by atoms with Crippen molar-refractivity contribution in [3.05, 3.63) is 35.4 Å². The summed E-state index contributed by atoms with van der Waals surface area (Å²) in [6, 6.07) is 6.43. The molecule has 1 fully saturated rings. The number of carbonyl (C=O) groups is 3. The van der Waals surface area contributed by atoms with E-state index in [1.54, 1.807) is 25.1 Å². The van der Waals surface area contributed by atoms with Crippen molar-refractivity contribution in [3.63, 3.8) is 0 Å². The summed E-state index contributed by atoms with van der Waals surface area (Å²) in [7, 11) is 2.87. The number of carbonyl (C=O) groups excluding carboxylic acids is 3. The Balaban J connectivity index is 2.15. The van der Waals surface area contributed by atoms with Crippen LogP contribution < -0.4 is 28.4 Å². The van der Waals surface area contributed by atoms with Gasteiger partial charge in [-0.15, -0.1) is 0 Å². The van der Waals surface area contributed by atoms with Crippen LogP contribution in [-0.2, 0) is 29.6 Å². The maximum Gasteiger partial charge on any atom is 0.308 e. The van der Waals surface area contributed by atoms with Crippen LogP contribution >= 0.6 is 0 Å². The van der Waals surface area contributed by atoms with Crippen molar-refractivity contribution in [2.45, 2.75) is 52.9 Å². The van der Waals surface area contributed by atoms with Gasteiger partial charge in [0.15, 0.2) is 28.8 Å². The number of esters is 3. The number of hydrogen-bond donors (Lipinski definition) is 0. The molecule has 3 rings (SSSR count). The van der Waals surface area contributed by atoms with E-state index in [0.717, 1.165) is 0 Å². The summed E-state index contributed by atoms with van der Waals surface area (Å²) in [5.74, 6) is -2.29. The predicted octanol–water partition coefficient (Wildman–Crippen LogP) is 4.23. The highest BCUT2D eigenvalue weighted by atomic mass is 16.7. The molecule has 0 saturated carbocycles. The molecule has 0 N–H and O–H groups in total. The Morgan fingerprint density at radius 3 is 1.71 bits per heavy atom. The van der Waals surface area contributed by atoms with Crippen molar-refractivity contribution >= 4 is 17.9 Å². The van der Waals surface area contributed by atoms with Crippen LogP contribution in [0.2, 0.25) is 0 Å². The first-order valence-electron chi connectivity index (χ1n) is 12.0. The van der Waals surface area contributed by atoms with Gasteiger partial charge < -0.3 is 37.9 Å². The van der Waals surface area contributed by atoms with Gasteiger partial charge in [0.1, 0.15) is 6.10 Å². The molecule has 1 aliphatic heterocycles. The molecule has 0 aromatic heterocycles. The smallest absolute Gasteiger partial charge is 0.308 e. The van der Waals surface area contributed by atoms with Crippen molar-refractivity contribution in [2.75, 3.05) is 27.4 Å². The Labute approximate surface area is 220 Å². The van der Waals surface area contributed by atoms with Crippen LogP contribution in [0.4, 0.5) is 0 Å². The van der Waals surface area contributed by atoms with Crippen LogP contribution in [0.25, 0.3) is 0 Å². The monoisotopic (exact) mass is 532 g/mol. The molecule has 0 radical (unpaired) electrons. The normalized spacial score (nSPS) is 14.8. The summed E-state index contributed by atoms with van der Waals surface area (Å²) >= 11 is 0. The fourth-order valence-electron chi connectivity index (χ4n) is 3.95. The maximum absolute atomic E-state index is 12.0. The Bertz CT molecular complexity index is 1170. The predicted molar refractivity (Wildman–Crippen MR) is 133 cm³/mol. The number of methoxy groups -OCH3 is 2. The Kier molecular flexibility index (Phi) is 9.18. The van der Waals surface area contributed by atoms with E-state index in [0.29, 0.717) is 30.8 Å². The van der Waals surface area contributed by atoms with Crippen molar-refractivity contribution in [3.8, 4) is 34.5 Å². The summed E-state index contributed by atoms with van der Waals surface area (Å²) in [5, 5.41) is 0. The van der Waals surface area contributed by atoms with Gasteiger partial charge in [0.25, 0.3) is 0 Å². The van der Waals surface area contributed by atoms with Gasteiger partial charge in [-0.2, -0.15) is 0 Å². The second-order valence-electron chi connectivity index (χ2n) is 8.49. The van der Waals surface area contributed by atoms with Gasteiger partial charge in [0.2, 0.25) is 11.5 Å². The first-order valence-corrected chi connectivity index (χ1v) is 12.0. The van der Waals surface area contributed by atoms with Crippen LogP contribution in [0.5, 0.6) is 34.5 Å². The van der Waals surface area contributed by atoms with Gasteiger partial charge >= 0.3 is 17.9 Å². The second kappa shape index (κ2) is 12.1. The van der Waals surface area contributed by atoms with E-state index in [9.17, 15) is 14.4 Å². The minimum atomic E-state index is -1.14. The number of hydrogen-bond acceptors (Lipinski definition) is 11. The van der Waals surface area contributed by atoms with Crippen molar-refractivity contribution in [1.29, 1.82) is 0 Å². The third-order valence-electron chi connectivity index (χ3n) is 5.62. The van der Waals surface area contributed by atoms with Gasteiger partial charge in [0, 0.05) is 26.3 Å². The molecule has 0 spiro atoms. The maximum atomic E-state index is 12.0. The SMILES string of the molecule is CCC(Oc1cc(C2(C)OCCO2)cc(OC(C)=O)c1OC(C)=O)c1cc(OC)c(OC(C)=O)c(OC)c1. The lowest BCUT2D eigenvalue weighted by molar-refractivity contribution is -0.150. The van der Waals surface area contributed by atoms with E-state index >= 15 is 0 Å². The molecule has 11 heteroatoms. The zero-order valence-corrected chi connectivity index (χ0v) is 22.5. The molecule has 38 heavy (non-hydrogen) atoms. The molecule has 2 aromatic carbocycles. The highest BCUT2D eigenvalue weighted by molar-refractivity contribution is 5.76. The first kappa shape index (κ1) is 28.7. The molecule has 1 heterocycles. The summed E-state index contributed by atoms with van der Waals surface area (Å²) in [6.07, 6.45) is -0.173. The highest BCUT2D eigenvalue weighted by Gasteiger charge is 2.36. The Morgan fingerprint density at radius 2 is 1.26 bits per heavy atom. The minimum absolute atomic E-state index is 0.0317. The molecule has 1 atom stereocenters. The Morgan fingerprint density at radius 1 is 0.789 bits per heavy atom. The summed E-state index contributed by atoms with van der Waals surface area (Å²) in [6.45, 7) is 8.07. The number of benzene rings is 2. The van der Waals surface area contributed by atoms with Crippen LogP contribution in [-0.4, -0.2) is 45.3 Å². The van der Waals surface area contributed by atoms with Crippen LogP contribution in [0.15, 0.2) is 24.3 Å². The van der Waals surface area contributed by atoms with E-state index in [2.05, 4.69) is 0 Å². The fourth-order valence-corrected chi connectivity index (χ4v) is 3.95. The molecule has 0 bridgehead atoms. The average Bonchev–Trinajstić information content (AvgIpc) is 3.30. The van der Waals surface area contributed by atoms with E-state index in [4.69, 9.17) is 37.9 Å². The molecular weight excluding hydrogens is 500 g/mol. The molecule has 206 valence electrons. The van der Waals surface area contributed by atoms with Gasteiger partial charge in [-0.3, -0.25) is 14.4 Å². The van der Waals surface area contributed by atoms with E-state index < -0.39 is 29.8 Å². The average molecular weight is 533 g/mol. The minimum Gasteiger partial charge on any atom is -0.493 e. The largest absolute Gasteiger partial charge is 0.493 e. The molecule has 2 aromatic rings. The topological polar surface area (TPSA) is 125 Å². The lowest BCUT2D eigenvalue weighted by Crippen LogP contribution is -2.23. The standard InChI is InChI=1S/C27H32O11/c1-8-20(18-11-21(31-6)25(36-16(3)29)22(12-18)32-7)38-24-14-19(27(5)33-9-10-34-27)13-23(35-15(2)28)26(24)37-17(4)30/h11-14,20H,8-10H2,1-7H3. The van der Waals surface area contributed by atoms with Gasteiger partial charge in [-0.25, -0.2) is 0 Å². The van der Waals surface area contributed by atoms with Gasteiger partial charge in [0.05, 0.1) is 27.4 Å². The van der Waals surface area contributed by atoms with Crippen LogP contribution in [0, 0.1) is 0 Å².